The van der Waals surface area contributed by atoms with Crippen LogP contribution >= 0.6 is 0 Å². The third-order valence-corrected chi connectivity index (χ3v) is 2.99. The van der Waals surface area contributed by atoms with Gasteiger partial charge in [0.1, 0.15) is 0 Å². The third-order valence-electron chi connectivity index (χ3n) is 2.99. The summed E-state index contributed by atoms with van der Waals surface area (Å²) in [7, 11) is 0. The van der Waals surface area contributed by atoms with Crippen LogP contribution in [0.15, 0.2) is 36.7 Å². The van der Waals surface area contributed by atoms with Gasteiger partial charge in [0.2, 0.25) is 0 Å². The van der Waals surface area contributed by atoms with Crippen molar-refractivity contribution in [3.05, 3.63) is 42.2 Å². The molecule has 0 fully saturated rings. The zero-order chi connectivity index (χ0) is 11.4. The summed E-state index contributed by atoms with van der Waals surface area (Å²) in [6.07, 6.45) is 7.15. The SMILES string of the molecule is CCCCC(N)c1cccc2ccncc12. The summed E-state index contributed by atoms with van der Waals surface area (Å²) in [6.45, 7) is 2.19. The summed E-state index contributed by atoms with van der Waals surface area (Å²) in [5, 5.41) is 2.41. The molecule has 1 unspecified atom stereocenters. The van der Waals surface area contributed by atoms with E-state index in [4.69, 9.17) is 5.73 Å². The van der Waals surface area contributed by atoms with Crippen LogP contribution in [0, 0.1) is 0 Å². The summed E-state index contributed by atoms with van der Waals surface area (Å²) in [5.74, 6) is 0. The Labute approximate surface area is 96.5 Å². The molecule has 1 heterocycles. The summed E-state index contributed by atoms with van der Waals surface area (Å²) in [4.78, 5) is 4.18. The molecule has 1 aromatic carbocycles. The van der Waals surface area contributed by atoms with Crippen LogP contribution in [0.4, 0.5) is 0 Å². The molecule has 1 aromatic heterocycles. The smallest absolute Gasteiger partial charge is 0.0349 e. The molecule has 2 nitrogen and oxygen atoms in total. The number of hydrogen-bond acceptors (Lipinski definition) is 2. The second kappa shape index (κ2) is 5.08. The molecule has 0 amide bonds. The van der Waals surface area contributed by atoms with Gasteiger partial charge in [-0.2, -0.15) is 0 Å². The Kier molecular flexibility index (Phi) is 3.52. The first-order valence-corrected chi connectivity index (χ1v) is 5.91. The Hall–Kier alpha value is -1.41. The first kappa shape index (κ1) is 11.1. The van der Waals surface area contributed by atoms with Crippen LogP contribution in [0.3, 0.4) is 0 Å². The van der Waals surface area contributed by atoms with E-state index in [-0.39, 0.29) is 6.04 Å². The van der Waals surface area contributed by atoms with Crippen molar-refractivity contribution in [1.29, 1.82) is 0 Å². The Bertz CT molecular complexity index is 460. The van der Waals surface area contributed by atoms with Gasteiger partial charge in [-0.25, -0.2) is 0 Å². The van der Waals surface area contributed by atoms with Gasteiger partial charge in [-0.1, -0.05) is 38.0 Å². The minimum absolute atomic E-state index is 0.132. The maximum atomic E-state index is 6.22. The van der Waals surface area contributed by atoms with Gasteiger partial charge in [0, 0.05) is 23.8 Å². The molecule has 0 saturated carbocycles. The monoisotopic (exact) mass is 214 g/mol. The number of nitrogens with two attached hydrogens (primary N) is 1. The van der Waals surface area contributed by atoms with Crippen molar-refractivity contribution in [2.24, 2.45) is 5.73 Å². The van der Waals surface area contributed by atoms with E-state index >= 15 is 0 Å². The average molecular weight is 214 g/mol. The first-order valence-electron chi connectivity index (χ1n) is 5.91. The van der Waals surface area contributed by atoms with Crippen molar-refractivity contribution in [3.8, 4) is 0 Å². The van der Waals surface area contributed by atoms with Gasteiger partial charge in [-0.3, -0.25) is 4.98 Å². The molecular formula is C14H18N2. The first-order chi connectivity index (χ1) is 7.83. The lowest BCUT2D eigenvalue weighted by molar-refractivity contribution is 0.606. The fourth-order valence-electron chi connectivity index (χ4n) is 2.04. The van der Waals surface area contributed by atoms with Crippen LogP contribution in [0.2, 0.25) is 0 Å². The minimum atomic E-state index is 0.132. The zero-order valence-corrected chi connectivity index (χ0v) is 9.69. The molecule has 84 valence electrons. The predicted molar refractivity (Wildman–Crippen MR) is 68.2 cm³/mol. The number of unbranched alkanes of at least 4 members (excludes halogenated alkanes) is 1. The number of hydrogen-bond donors (Lipinski definition) is 1. The van der Waals surface area contributed by atoms with Crippen molar-refractivity contribution in [2.45, 2.75) is 32.2 Å². The molecule has 16 heavy (non-hydrogen) atoms. The van der Waals surface area contributed by atoms with Crippen molar-refractivity contribution in [1.82, 2.24) is 4.98 Å². The number of aromatic nitrogens is 1. The maximum Gasteiger partial charge on any atom is 0.0349 e. The van der Waals surface area contributed by atoms with Crippen LogP contribution in [0.5, 0.6) is 0 Å². The summed E-state index contributed by atoms with van der Waals surface area (Å²) < 4.78 is 0. The Morgan fingerprint density at radius 3 is 3.00 bits per heavy atom. The Balaban J connectivity index is 2.36. The van der Waals surface area contributed by atoms with Crippen LogP contribution < -0.4 is 5.73 Å². The lowest BCUT2D eigenvalue weighted by atomic mass is 9.97. The molecule has 0 bridgehead atoms. The Morgan fingerprint density at radius 1 is 1.31 bits per heavy atom. The molecule has 0 saturated heterocycles. The fourth-order valence-corrected chi connectivity index (χ4v) is 2.04. The van der Waals surface area contributed by atoms with E-state index < -0.39 is 0 Å². The van der Waals surface area contributed by atoms with Crippen molar-refractivity contribution >= 4 is 10.8 Å². The zero-order valence-electron chi connectivity index (χ0n) is 9.69. The van der Waals surface area contributed by atoms with Crippen LogP contribution in [0.1, 0.15) is 37.8 Å². The van der Waals surface area contributed by atoms with Crippen molar-refractivity contribution in [3.63, 3.8) is 0 Å². The Morgan fingerprint density at radius 2 is 2.19 bits per heavy atom. The molecule has 2 N–H and O–H groups in total. The highest BCUT2D eigenvalue weighted by Crippen LogP contribution is 2.24. The van der Waals surface area contributed by atoms with Gasteiger partial charge >= 0.3 is 0 Å². The van der Waals surface area contributed by atoms with Gasteiger partial charge in [0.05, 0.1) is 0 Å². The largest absolute Gasteiger partial charge is 0.324 e. The molecule has 0 aliphatic carbocycles. The molecule has 2 rings (SSSR count). The van der Waals surface area contributed by atoms with E-state index in [9.17, 15) is 0 Å². The lowest BCUT2D eigenvalue weighted by Crippen LogP contribution is -2.10. The van der Waals surface area contributed by atoms with E-state index in [1.165, 1.54) is 29.2 Å². The van der Waals surface area contributed by atoms with Crippen LogP contribution in [-0.4, -0.2) is 4.98 Å². The second-order valence-corrected chi connectivity index (χ2v) is 4.19. The lowest BCUT2D eigenvalue weighted by Gasteiger charge is -2.13. The molecule has 0 radical (unpaired) electrons. The van der Waals surface area contributed by atoms with Crippen LogP contribution in [0.25, 0.3) is 10.8 Å². The summed E-state index contributed by atoms with van der Waals surface area (Å²) in [6, 6.07) is 8.46. The number of benzene rings is 1. The highest BCUT2D eigenvalue weighted by atomic mass is 14.6. The van der Waals surface area contributed by atoms with E-state index in [0.29, 0.717) is 0 Å². The quantitative estimate of drug-likeness (QED) is 0.846. The van der Waals surface area contributed by atoms with Crippen molar-refractivity contribution in [2.75, 3.05) is 0 Å². The highest BCUT2D eigenvalue weighted by Gasteiger charge is 2.08. The molecular weight excluding hydrogens is 196 g/mol. The average Bonchev–Trinajstić information content (AvgIpc) is 2.35. The number of pyridine rings is 1. The molecule has 0 spiro atoms. The minimum Gasteiger partial charge on any atom is -0.324 e. The fraction of sp³-hybridized carbons (Fsp3) is 0.357. The van der Waals surface area contributed by atoms with E-state index in [1.807, 2.05) is 18.5 Å². The molecule has 0 aliphatic heterocycles. The highest BCUT2D eigenvalue weighted by molar-refractivity contribution is 5.85. The standard InChI is InChI=1S/C14H18N2/c1-2-3-7-14(15)12-6-4-5-11-8-9-16-10-13(11)12/h4-6,8-10,14H,2-3,7,15H2,1H3. The van der Waals surface area contributed by atoms with Gasteiger partial charge in [0.15, 0.2) is 0 Å². The summed E-state index contributed by atoms with van der Waals surface area (Å²) >= 11 is 0. The molecule has 2 aromatic rings. The van der Waals surface area contributed by atoms with E-state index in [1.54, 1.807) is 0 Å². The number of nitrogens with zero attached hydrogens (tertiary/aromatic N) is 1. The van der Waals surface area contributed by atoms with Gasteiger partial charge < -0.3 is 5.73 Å². The second-order valence-electron chi connectivity index (χ2n) is 4.19. The maximum absolute atomic E-state index is 6.22. The topological polar surface area (TPSA) is 38.9 Å². The predicted octanol–water partition coefficient (Wildman–Crippen LogP) is 3.42. The molecule has 0 aliphatic rings. The summed E-state index contributed by atoms with van der Waals surface area (Å²) in [5.41, 5.74) is 7.44. The third kappa shape index (κ3) is 2.22. The van der Waals surface area contributed by atoms with E-state index in [2.05, 4.69) is 30.1 Å². The number of rotatable bonds is 4. The number of fused-ring (bicyclic) bond motifs is 1. The van der Waals surface area contributed by atoms with Crippen LogP contribution in [-0.2, 0) is 0 Å². The molecule has 1 atom stereocenters. The van der Waals surface area contributed by atoms with Gasteiger partial charge in [0.25, 0.3) is 0 Å². The van der Waals surface area contributed by atoms with Gasteiger partial charge in [-0.05, 0) is 23.4 Å². The van der Waals surface area contributed by atoms with E-state index in [0.717, 1.165) is 6.42 Å². The normalized spacial score (nSPS) is 12.9. The van der Waals surface area contributed by atoms with Crippen molar-refractivity contribution < 1.29 is 0 Å². The van der Waals surface area contributed by atoms with Gasteiger partial charge in [-0.15, -0.1) is 0 Å². The molecule has 2 heteroatoms.